The molecule has 0 unspecified atom stereocenters. The summed E-state index contributed by atoms with van der Waals surface area (Å²) in [5.74, 6) is 2.02. The van der Waals surface area contributed by atoms with Crippen LogP contribution in [0.4, 0.5) is 0 Å². The lowest BCUT2D eigenvalue weighted by atomic mass is 10.3. The number of fused-ring (bicyclic) bond motifs is 1. The van der Waals surface area contributed by atoms with Gasteiger partial charge < -0.3 is 29.6 Å². The molecule has 0 aliphatic carbocycles. The molecule has 0 aromatic heterocycles. The van der Waals surface area contributed by atoms with Gasteiger partial charge in [-0.1, -0.05) is 0 Å². The predicted octanol–water partition coefficient (Wildman–Crippen LogP) is 0.568. The van der Waals surface area contributed by atoms with Crippen LogP contribution in [-0.4, -0.2) is 52.7 Å². The number of methoxy groups -OCH3 is 1. The van der Waals surface area contributed by atoms with Crippen LogP contribution in [-0.2, 0) is 9.53 Å². The highest BCUT2D eigenvalue weighted by Gasteiger charge is 2.13. The number of carbonyl (C=O) groups excluding carboxylic acids is 1. The third kappa shape index (κ3) is 5.97. The van der Waals surface area contributed by atoms with Crippen LogP contribution < -0.4 is 24.8 Å². The molecule has 1 amide bonds. The topological polar surface area (TPSA) is 78.1 Å². The van der Waals surface area contributed by atoms with Crippen molar-refractivity contribution in [2.45, 2.75) is 0 Å². The van der Waals surface area contributed by atoms with Crippen molar-refractivity contribution in [3.05, 3.63) is 18.2 Å². The number of benzene rings is 1. The lowest BCUT2D eigenvalue weighted by Crippen LogP contribution is -2.37. The third-order valence-electron chi connectivity index (χ3n) is 2.81. The molecule has 124 valence electrons. The number of halogens is 1. The Balaban J connectivity index is 0.00000242. The lowest BCUT2D eigenvalue weighted by Gasteiger charge is -2.09. The summed E-state index contributed by atoms with van der Waals surface area (Å²) >= 11 is 0. The monoisotopic (exact) mass is 332 g/mol. The van der Waals surface area contributed by atoms with E-state index >= 15 is 0 Å². The molecule has 0 saturated heterocycles. The fourth-order valence-corrected chi connectivity index (χ4v) is 1.76. The largest absolute Gasteiger partial charge is 0.492 e. The van der Waals surface area contributed by atoms with E-state index in [4.69, 9.17) is 18.9 Å². The van der Waals surface area contributed by atoms with E-state index in [1.807, 2.05) is 6.07 Å². The Bertz CT molecular complexity index is 473. The SMILES string of the molecule is COCCNCC(=O)NCCOc1ccc2c(c1)OCO2.Cl. The zero-order valence-corrected chi connectivity index (χ0v) is 13.2. The Morgan fingerprint density at radius 1 is 1.23 bits per heavy atom. The molecule has 1 heterocycles. The van der Waals surface area contributed by atoms with E-state index in [9.17, 15) is 4.79 Å². The number of hydrogen-bond acceptors (Lipinski definition) is 6. The summed E-state index contributed by atoms with van der Waals surface area (Å²) in [6.45, 7) is 2.58. The summed E-state index contributed by atoms with van der Waals surface area (Å²) in [6.07, 6.45) is 0. The fraction of sp³-hybridized carbons (Fsp3) is 0.500. The Hall–Kier alpha value is -1.70. The van der Waals surface area contributed by atoms with Crippen molar-refractivity contribution in [3.8, 4) is 17.2 Å². The number of hydrogen-bond donors (Lipinski definition) is 2. The molecule has 1 aromatic carbocycles. The third-order valence-corrected chi connectivity index (χ3v) is 2.81. The summed E-state index contributed by atoms with van der Waals surface area (Å²) in [4.78, 5) is 11.5. The predicted molar refractivity (Wildman–Crippen MR) is 83.1 cm³/mol. The van der Waals surface area contributed by atoms with Gasteiger partial charge in [0.25, 0.3) is 0 Å². The van der Waals surface area contributed by atoms with E-state index in [1.54, 1.807) is 19.2 Å². The Morgan fingerprint density at radius 3 is 2.86 bits per heavy atom. The Labute approximate surface area is 135 Å². The minimum atomic E-state index is -0.0691. The van der Waals surface area contributed by atoms with Gasteiger partial charge in [0, 0.05) is 19.7 Å². The molecule has 2 N–H and O–H groups in total. The van der Waals surface area contributed by atoms with Crippen molar-refractivity contribution < 1.29 is 23.7 Å². The second-order valence-corrected chi connectivity index (χ2v) is 4.38. The molecule has 1 aliphatic rings. The molecule has 8 heteroatoms. The van der Waals surface area contributed by atoms with Gasteiger partial charge in [0.15, 0.2) is 11.5 Å². The Kier molecular flexibility index (Phi) is 8.42. The van der Waals surface area contributed by atoms with Gasteiger partial charge in [0.2, 0.25) is 12.7 Å². The van der Waals surface area contributed by atoms with Gasteiger partial charge in [-0.25, -0.2) is 0 Å². The van der Waals surface area contributed by atoms with Crippen molar-refractivity contribution in [3.63, 3.8) is 0 Å². The summed E-state index contributed by atoms with van der Waals surface area (Å²) in [5.41, 5.74) is 0. The van der Waals surface area contributed by atoms with E-state index in [1.165, 1.54) is 0 Å². The molecular weight excluding hydrogens is 312 g/mol. The van der Waals surface area contributed by atoms with Crippen LogP contribution >= 0.6 is 12.4 Å². The molecule has 7 nitrogen and oxygen atoms in total. The summed E-state index contributed by atoms with van der Waals surface area (Å²) in [7, 11) is 1.62. The van der Waals surface area contributed by atoms with Crippen LogP contribution in [0, 0.1) is 0 Å². The van der Waals surface area contributed by atoms with Gasteiger partial charge in [-0.05, 0) is 12.1 Å². The fourth-order valence-electron chi connectivity index (χ4n) is 1.76. The summed E-state index contributed by atoms with van der Waals surface area (Å²) < 4.78 is 20.9. The number of amides is 1. The first-order valence-corrected chi connectivity index (χ1v) is 6.78. The highest BCUT2D eigenvalue weighted by Crippen LogP contribution is 2.34. The quantitative estimate of drug-likeness (QED) is 0.644. The second kappa shape index (κ2) is 10.1. The molecule has 1 aromatic rings. The van der Waals surface area contributed by atoms with Crippen molar-refractivity contribution >= 4 is 18.3 Å². The molecule has 0 spiro atoms. The normalized spacial score (nSPS) is 11.7. The molecule has 0 bridgehead atoms. The number of nitrogens with one attached hydrogen (secondary N) is 2. The van der Waals surface area contributed by atoms with Crippen LogP contribution in [0.1, 0.15) is 0 Å². The standard InChI is InChI=1S/C14H20N2O5.ClH/c1-18-6-4-15-9-14(17)16-5-7-19-11-2-3-12-13(8-11)21-10-20-12;/h2-3,8,15H,4-7,9-10H2,1H3,(H,16,17);1H. The number of carbonyl (C=O) groups is 1. The lowest BCUT2D eigenvalue weighted by molar-refractivity contribution is -0.120. The Morgan fingerprint density at radius 2 is 2.05 bits per heavy atom. The average Bonchev–Trinajstić information content (AvgIpc) is 2.96. The van der Waals surface area contributed by atoms with Gasteiger partial charge in [0.1, 0.15) is 12.4 Å². The maximum atomic E-state index is 11.5. The van der Waals surface area contributed by atoms with Crippen molar-refractivity contribution in [1.29, 1.82) is 0 Å². The molecule has 0 radical (unpaired) electrons. The van der Waals surface area contributed by atoms with E-state index in [0.29, 0.717) is 37.8 Å². The van der Waals surface area contributed by atoms with E-state index in [2.05, 4.69) is 10.6 Å². The smallest absolute Gasteiger partial charge is 0.234 e. The summed E-state index contributed by atoms with van der Waals surface area (Å²) in [6, 6.07) is 5.38. The minimum absolute atomic E-state index is 0. The van der Waals surface area contributed by atoms with Gasteiger partial charge in [-0.3, -0.25) is 4.79 Å². The zero-order valence-electron chi connectivity index (χ0n) is 12.4. The zero-order chi connectivity index (χ0) is 14.9. The van der Waals surface area contributed by atoms with Crippen molar-refractivity contribution in [1.82, 2.24) is 10.6 Å². The van der Waals surface area contributed by atoms with Crippen LogP contribution in [0.25, 0.3) is 0 Å². The van der Waals surface area contributed by atoms with Crippen molar-refractivity contribution in [2.24, 2.45) is 0 Å². The number of ether oxygens (including phenoxy) is 4. The molecule has 0 fully saturated rings. The highest BCUT2D eigenvalue weighted by atomic mass is 35.5. The molecule has 1 aliphatic heterocycles. The summed E-state index contributed by atoms with van der Waals surface area (Å²) in [5, 5.41) is 5.72. The van der Waals surface area contributed by atoms with Gasteiger partial charge in [-0.15, -0.1) is 12.4 Å². The maximum absolute atomic E-state index is 11.5. The van der Waals surface area contributed by atoms with E-state index in [0.717, 1.165) is 5.75 Å². The van der Waals surface area contributed by atoms with Crippen LogP contribution in [0.2, 0.25) is 0 Å². The van der Waals surface area contributed by atoms with Gasteiger partial charge in [0.05, 0.1) is 19.7 Å². The van der Waals surface area contributed by atoms with E-state index in [-0.39, 0.29) is 31.7 Å². The molecular formula is C14H21ClN2O5. The minimum Gasteiger partial charge on any atom is -0.492 e. The van der Waals surface area contributed by atoms with Gasteiger partial charge >= 0.3 is 0 Å². The molecule has 0 atom stereocenters. The maximum Gasteiger partial charge on any atom is 0.234 e. The van der Waals surface area contributed by atoms with E-state index < -0.39 is 0 Å². The van der Waals surface area contributed by atoms with Crippen LogP contribution in [0.5, 0.6) is 17.2 Å². The first-order chi connectivity index (χ1) is 10.3. The molecule has 2 rings (SSSR count). The van der Waals surface area contributed by atoms with Crippen molar-refractivity contribution in [2.75, 3.05) is 46.8 Å². The molecule has 0 saturated carbocycles. The van der Waals surface area contributed by atoms with Crippen LogP contribution in [0.15, 0.2) is 18.2 Å². The highest BCUT2D eigenvalue weighted by molar-refractivity contribution is 5.85. The average molecular weight is 333 g/mol. The number of rotatable bonds is 9. The first-order valence-electron chi connectivity index (χ1n) is 6.78. The second-order valence-electron chi connectivity index (χ2n) is 4.38. The van der Waals surface area contributed by atoms with Gasteiger partial charge in [-0.2, -0.15) is 0 Å². The molecule has 22 heavy (non-hydrogen) atoms. The first kappa shape index (κ1) is 18.3. The van der Waals surface area contributed by atoms with Crippen LogP contribution in [0.3, 0.4) is 0 Å².